The third-order valence-electron chi connectivity index (χ3n) is 7.52. The number of hydrogen-bond acceptors (Lipinski definition) is 6. The fraction of sp³-hybridized carbons (Fsp3) is 0.583. The minimum absolute atomic E-state index is 0.0472. The third kappa shape index (κ3) is 4.11. The lowest BCUT2D eigenvalue weighted by Crippen LogP contribution is -2.48. The number of hydrogen-bond donors (Lipinski definition) is 1. The largest absolute Gasteiger partial charge is 0.488 e. The predicted octanol–water partition coefficient (Wildman–Crippen LogP) is 0.782. The number of rotatable bonds is 5. The highest BCUT2D eigenvalue weighted by Crippen LogP contribution is 2.31. The van der Waals surface area contributed by atoms with Crippen LogP contribution in [0.25, 0.3) is 11.0 Å². The maximum atomic E-state index is 13.1. The monoisotopic (exact) mass is 469 g/mol. The molecular weight excluding hydrogens is 438 g/mol. The molecule has 0 bridgehead atoms. The first-order valence-electron chi connectivity index (χ1n) is 12.1. The quantitative estimate of drug-likeness (QED) is 0.513. The van der Waals surface area contributed by atoms with Gasteiger partial charge in [0.05, 0.1) is 5.52 Å². The van der Waals surface area contributed by atoms with Crippen molar-refractivity contribution >= 4 is 29.3 Å². The number of imidazole rings is 1. The van der Waals surface area contributed by atoms with Gasteiger partial charge in [-0.15, -0.1) is 0 Å². The maximum absolute atomic E-state index is 13.1. The van der Waals surface area contributed by atoms with Gasteiger partial charge in [-0.05, 0) is 44.2 Å². The van der Waals surface area contributed by atoms with Crippen LogP contribution < -0.4 is 15.7 Å². The highest BCUT2D eigenvalue weighted by Gasteiger charge is 2.33. The van der Waals surface area contributed by atoms with Crippen molar-refractivity contribution in [2.75, 3.05) is 26.2 Å². The normalized spacial score (nSPS) is 23.3. The average molecular weight is 470 g/mol. The fourth-order valence-electron chi connectivity index (χ4n) is 5.62. The van der Waals surface area contributed by atoms with Crippen LogP contribution in [0.1, 0.15) is 44.6 Å². The van der Waals surface area contributed by atoms with Crippen LogP contribution in [0.2, 0.25) is 0 Å². The van der Waals surface area contributed by atoms with Crippen LogP contribution in [0.3, 0.4) is 0 Å². The lowest BCUT2D eigenvalue weighted by molar-refractivity contribution is -0.135. The van der Waals surface area contributed by atoms with Gasteiger partial charge in [0.1, 0.15) is 23.4 Å². The number of amides is 3. The van der Waals surface area contributed by atoms with Gasteiger partial charge in [-0.2, -0.15) is 0 Å². The predicted molar refractivity (Wildman–Crippen MR) is 124 cm³/mol. The first kappa shape index (κ1) is 22.6. The lowest BCUT2D eigenvalue weighted by Gasteiger charge is -2.41. The van der Waals surface area contributed by atoms with E-state index < -0.39 is 11.9 Å². The zero-order valence-corrected chi connectivity index (χ0v) is 19.4. The zero-order chi connectivity index (χ0) is 23.8. The van der Waals surface area contributed by atoms with Crippen LogP contribution in [-0.4, -0.2) is 75.5 Å². The summed E-state index contributed by atoms with van der Waals surface area (Å²) in [5.74, 6) is -0.108. The zero-order valence-electron chi connectivity index (χ0n) is 19.4. The number of para-hydroxylation sites is 1. The molecule has 10 nitrogen and oxygen atoms in total. The van der Waals surface area contributed by atoms with Gasteiger partial charge in [0.25, 0.3) is 0 Å². The van der Waals surface area contributed by atoms with Gasteiger partial charge >= 0.3 is 5.69 Å². The van der Waals surface area contributed by atoms with Crippen molar-refractivity contribution in [2.45, 2.75) is 56.7 Å². The van der Waals surface area contributed by atoms with Crippen LogP contribution in [0.15, 0.2) is 23.0 Å². The molecule has 0 spiro atoms. The SMILES string of the molecule is Cn1c(=O)n(C2CCC(=O)NC2=O)c2cccc(OC3CCN(C4CCN(C=O)CC4)CC3)c21. The molecule has 1 aromatic heterocycles. The molecule has 0 radical (unpaired) electrons. The Hall–Kier alpha value is -3.14. The standard InChI is InChI=1S/C24H31N5O5/c1-26-22-18(29(24(26)33)19-5-6-21(31)25-23(19)32)3-2-4-20(22)34-17-9-13-28(14-10-17)16-7-11-27(15-30)12-8-16/h2-4,15-17,19H,5-14H2,1H3,(H,25,31,32). The Labute approximate surface area is 197 Å². The maximum Gasteiger partial charge on any atom is 0.329 e. The molecule has 3 aliphatic rings. The number of fused-ring (bicyclic) bond motifs is 1. The van der Waals surface area contributed by atoms with Crippen LogP contribution in [0, 0.1) is 0 Å². The molecular formula is C24H31N5O5. The second-order valence-corrected chi connectivity index (χ2v) is 9.53. The van der Waals surface area contributed by atoms with E-state index in [2.05, 4.69) is 10.2 Å². The smallest absolute Gasteiger partial charge is 0.329 e. The number of carbonyl (C=O) groups is 3. The van der Waals surface area contributed by atoms with Crippen LogP contribution in [-0.2, 0) is 21.4 Å². The summed E-state index contributed by atoms with van der Waals surface area (Å²) >= 11 is 0. The van der Waals surface area contributed by atoms with Gasteiger partial charge in [-0.3, -0.25) is 33.7 Å². The molecule has 1 unspecified atom stereocenters. The van der Waals surface area contributed by atoms with Crippen molar-refractivity contribution in [3.8, 4) is 5.75 Å². The second-order valence-electron chi connectivity index (χ2n) is 9.53. The van der Waals surface area contributed by atoms with Crippen molar-refractivity contribution in [3.63, 3.8) is 0 Å². The number of carbonyl (C=O) groups excluding carboxylic acids is 3. The van der Waals surface area contributed by atoms with Gasteiger partial charge in [0.2, 0.25) is 18.2 Å². The Kier molecular flexibility index (Phi) is 6.16. The molecule has 3 fully saturated rings. The molecule has 4 heterocycles. The van der Waals surface area contributed by atoms with Gasteiger partial charge in [0, 0.05) is 45.7 Å². The molecule has 34 heavy (non-hydrogen) atoms. The van der Waals surface area contributed by atoms with E-state index in [0.29, 0.717) is 29.2 Å². The topological polar surface area (TPSA) is 106 Å². The van der Waals surface area contributed by atoms with Crippen LogP contribution in [0.5, 0.6) is 5.75 Å². The first-order valence-corrected chi connectivity index (χ1v) is 12.1. The van der Waals surface area contributed by atoms with E-state index in [9.17, 15) is 19.2 Å². The van der Waals surface area contributed by atoms with Gasteiger partial charge in [-0.25, -0.2) is 4.79 Å². The Balaban J connectivity index is 1.31. The molecule has 2 aromatic rings. The van der Waals surface area contributed by atoms with Gasteiger partial charge < -0.3 is 9.64 Å². The van der Waals surface area contributed by atoms with Crippen LogP contribution in [0.4, 0.5) is 0 Å². The summed E-state index contributed by atoms with van der Waals surface area (Å²) in [4.78, 5) is 52.4. The number of imide groups is 1. The van der Waals surface area contributed by atoms with Gasteiger partial charge in [0.15, 0.2) is 0 Å². The van der Waals surface area contributed by atoms with Crippen molar-refractivity contribution < 1.29 is 19.1 Å². The number of piperidine rings is 3. The van der Waals surface area contributed by atoms with Crippen molar-refractivity contribution in [3.05, 3.63) is 28.7 Å². The molecule has 1 aromatic carbocycles. The molecule has 5 rings (SSSR count). The van der Waals surface area contributed by atoms with Crippen molar-refractivity contribution in [1.82, 2.24) is 24.3 Å². The van der Waals surface area contributed by atoms with E-state index in [4.69, 9.17) is 4.74 Å². The average Bonchev–Trinajstić information content (AvgIpc) is 3.10. The molecule has 10 heteroatoms. The van der Waals surface area contributed by atoms with Crippen molar-refractivity contribution in [1.29, 1.82) is 0 Å². The van der Waals surface area contributed by atoms with E-state index in [1.54, 1.807) is 7.05 Å². The molecule has 3 aliphatic heterocycles. The molecule has 1 N–H and O–H groups in total. The number of aromatic nitrogens is 2. The summed E-state index contributed by atoms with van der Waals surface area (Å²) in [6, 6.07) is 5.34. The molecule has 182 valence electrons. The summed E-state index contributed by atoms with van der Waals surface area (Å²) in [5, 5.41) is 2.34. The summed E-state index contributed by atoms with van der Waals surface area (Å²) in [6.07, 6.45) is 5.32. The number of aryl methyl sites for hydroxylation is 1. The minimum atomic E-state index is -0.710. The number of likely N-dealkylation sites (tertiary alicyclic amines) is 2. The van der Waals surface area contributed by atoms with E-state index in [1.807, 2.05) is 23.1 Å². The number of ether oxygens (including phenoxy) is 1. The molecule has 3 saturated heterocycles. The highest BCUT2D eigenvalue weighted by atomic mass is 16.5. The summed E-state index contributed by atoms with van der Waals surface area (Å²) in [5.41, 5.74) is 1.01. The lowest BCUT2D eigenvalue weighted by atomic mass is 9.99. The minimum Gasteiger partial charge on any atom is -0.488 e. The summed E-state index contributed by atoms with van der Waals surface area (Å²) in [6.45, 7) is 3.54. The van der Waals surface area contributed by atoms with E-state index >= 15 is 0 Å². The highest BCUT2D eigenvalue weighted by molar-refractivity contribution is 6.00. The van der Waals surface area contributed by atoms with E-state index in [1.165, 1.54) is 9.13 Å². The number of benzene rings is 1. The fourth-order valence-corrected chi connectivity index (χ4v) is 5.62. The Morgan fingerprint density at radius 2 is 1.74 bits per heavy atom. The Morgan fingerprint density at radius 3 is 2.41 bits per heavy atom. The summed E-state index contributed by atoms with van der Waals surface area (Å²) in [7, 11) is 1.69. The van der Waals surface area contributed by atoms with Gasteiger partial charge in [-0.1, -0.05) is 6.07 Å². The number of nitrogens with zero attached hydrogens (tertiary/aromatic N) is 4. The second kappa shape index (κ2) is 9.25. The van der Waals surface area contributed by atoms with Crippen molar-refractivity contribution in [2.24, 2.45) is 7.05 Å². The molecule has 1 atom stereocenters. The molecule has 0 aliphatic carbocycles. The molecule has 3 amide bonds. The van der Waals surface area contributed by atoms with E-state index in [0.717, 1.165) is 58.3 Å². The first-order chi connectivity index (χ1) is 16.5. The molecule has 0 saturated carbocycles. The summed E-state index contributed by atoms with van der Waals surface area (Å²) < 4.78 is 9.43. The van der Waals surface area contributed by atoms with E-state index in [-0.39, 0.29) is 24.1 Å². The third-order valence-corrected chi connectivity index (χ3v) is 7.52. The van der Waals surface area contributed by atoms with Crippen LogP contribution >= 0.6 is 0 Å². The number of nitrogens with one attached hydrogen (secondary N) is 1. The Morgan fingerprint density at radius 1 is 1.00 bits per heavy atom. The Bertz CT molecular complexity index is 1150.